The molecule has 4 heteroatoms. The zero-order chi connectivity index (χ0) is 13.9. The summed E-state index contributed by atoms with van der Waals surface area (Å²) in [6, 6.07) is 4.43. The van der Waals surface area contributed by atoms with Crippen molar-refractivity contribution in [3.05, 3.63) is 34.6 Å². The fraction of sp³-hybridized carbons (Fsp3) is 0.500. The number of carbonyl (C=O) groups excluding carboxylic acids is 1. The largest absolute Gasteiger partial charge is 0.353 e. The highest BCUT2D eigenvalue weighted by molar-refractivity contribution is 6.31. The standard InChI is InChI=1S/C14H19ClFNO/c1-9(14(2,3)4)17-13(18)8-10-11(15)6-5-7-12(10)16/h5-7,9H,8H2,1-4H3,(H,17,18). The van der Waals surface area contributed by atoms with Crippen LogP contribution in [0.15, 0.2) is 18.2 Å². The van der Waals surface area contributed by atoms with Crippen molar-refractivity contribution in [1.29, 1.82) is 0 Å². The zero-order valence-corrected chi connectivity index (χ0v) is 11.9. The van der Waals surface area contributed by atoms with Gasteiger partial charge in [-0.05, 0) is 24.5 Å². The minimum Gasteiger partial charge on any atom is -0.353 e. The molecular weight excluding hydrogens is 253 g/mol. The van der Waals surface area contributed by atoms with E-state index in [0.29, 0.717) is 0 Å². The highest BCUT2D eigenvalue weighted by atomic mass is 35.5. The molecule has 1 aromatic carbocycles. The number of hydrogen-bond donors (Lipinski definition) is 1. The molecule has 1 atom stereocenters. The molecule has 0 aliphatic carbocycles. The Bertz CT molecular complexity index is 420. The molecule has 1 amide bonds. The monoisotopic (exact) mass is 271 g/mol. The zero-order valence-electron chi connectivity index (χ0n) is 11.2. The number of benzene rings is 1. The first-order chi connectivity index (χ1) is 8.21. The Morgan fingerprint density at radius 3 is 2.56 bits per heavy atom. The van der Waals surface area contributed by atoms with Crippen molar-refractivity contribution >= 4 is 17.5 Å². The summed E-state index contributed by atoms with van der Waals surface area (Å²) in [5, 5.41) is 3.14. The van der Waals surface area contributed by atoms with Crippen molar-refractivity contribution in [3.8, 4) is 0 Å². The molecule has 0 aliphatic rings. The lowest BCUT2D eigenvalue weighted by Gasteiger charge is -2.28. The van der Waals surface area contributed by atoms with Crippen molar-refractivity contribution in [2.24, 2.45) is 5.41 Å². The average Bonchev–Trinajstić information content (AvgIpc) is 2.22. The minimum absolute atomic E-state index is 0.00977. The molecule has 1 N–H and O–H groups in total. The summed E-state index contributed by atoms with van der Waals surface area (Å²) in [5.41, 5.74) is 0.215. The van der Waals surface area contributed by atoms with E-state index in [-0.39, 0.29) is 34.4 Å². The van der Waals surface area contributed by atoms with Gasteiger partial charge in [0.25, 0.3) is 0 Å². The molecule has 0 saturated carbocycles. The molecule has 100 valence electrons. The molecular formula is C14H19ClFNO. The SMILES string of the molecule is CC(NC(=O)Cc1c(F)cccc1Cl)C(C)(C)C. The highest BCUT2D eigenvalue weighted by Crippen LogP contribution is 2.21. The van der Waals surface area contributed by atoms with Crippen LogP contribution in [0.25, 0.3) is 0 Å². The van der Waals surface area contributed by atoms with E-state index < -0.39 is 5.82 Å². The maximum absolute atomic E-state index is 13.5. The van der Waals surface area contributed by atoms with Gasteiger partial charge in [0.2, 0.25) is 5.91 Å². The summed E-state index contributed by atoms with van der Waals surface area (Å²) in [6.45, 7) is 8.04. The molecule has 1 rings (SSSR count). The van der Waals surface area contributed by atoms with Gasteiger partial charge in [-0.25, -0.2) is 4.39 Å². The van der Waals surface area contributed by atoms with Crippen molar-refractivity contribution in [3.63, 3.8) is 0 Å². The van der Waals surface area contributed by atoms with Crippen LogP contribution in [0.3, 0.4) is 0 Å². The van der Waals surface area contributed by atoms with Crippen LogP contribution in [0.1, 0.15) is 33.3 Å². The molecule has 2 nitrogen and oxygen atoms in total. The molecule has 0 aromatic heterocycles. The van der Waals surface area contributed by atoms with Gasteiger partial charge in [-0.2, -0.15) is 0 Å². The number of halogens is 2. The number of rotatable bonds is 3. The van der Waals surface area contributed by atoms with Crippen LogP contribution in [0.4, 0.5) is 4.39 Å². The summed E-state index contributed by atoms with van der Waals surface area (Å²) in [4.78, 5) is 11.8. The van der Waals surface area contributed by atoms with Gasteiger partial charge in [-0.15, -0.1) is 0 Å². The number of nitrogens with one attached hydrogen (secondary N) is 1. The van der Waals surface area contributed by atoms with Crippen LogP contribution in [-0.2, 0) is 11.2 Å². The molecule has 1 aromatic rings. The maximum Gasteiger partial charge on any atom is 0.224 e. The van der Waals surface area contributed by atoms with E-state index >= 15 is 0 Å². The second-order valence-electron chi connectivity index (χ2n) is 5.53. The fourth-order valence-corrected chi connectivity index (χ4v) is 1.60. The van der Waals surface area contributed by atoms with Gasteiger partial charge in [0.05, 0.1) is 6.42 Å². The van der Waals surface area contributed by atoms with Crippen LogP contribution in [0.2, 0.25) is 5.02 Å². The Morgan fingerprint density at radius 1 is 1.44 bits per heavy atom. The fourth-order valence-electron chi connectivity index (χ4n) is 1.37. The van der Waals surface area contributed by atoms with Gasteiger partial charge < -0.3 is 5.32 Å². The Morgan fingerprint density at radius 2 is 2.06 bits per heavy atom. The van der Waals surface area contributed by atoms with Gasteiger partial charge in [0.15, 0.2) is 0 Å². The van der Waals surface area contributed by atoms with Gasteiger partial charge in [-0.3, -0.25) is 4.79 Å². The van der Waals surface area contributed by atoms with E-state index in [1.165, 1.54) is 12.1 Å². The lowest BCUT2D eigenvalue weighted by atomic mass is 9.88. The van der Waals surface area contributed by atoms with Crippen molar-refractivity contribution in [1.82, 2.24) is 5.32 Å². The number of hydrogen-bond acceptors (Lipinski definition) is 1. The number of amides is 1. The lowest BCUT2D eigenvalue weighted by molar-refractivity contribution is -0.121. The van der Waals surface area contributed by atoms with Crippen LogP contribution >= 0.6 is 11.6 Å². The van der Waals surface area contributed by atoms with Crippen molar-refractivity contribution < 1.29 is 9.18 Å². The highest BCUT2D eigenvalue weighted by Gasteiger charge is 2.22. The average molecular weight is 272 g/mol. The Hall–Kier alpha value is -1.09. The molecule has 0 heterocycles. The van der Waals surface area contributed by atoms with E-state index in [9.17, 15) is 9.18 Å². The Labute approximate surface area is 113 Å². The van der Waals surface area contributed by atoms with E-state index in [1.807, 2.05) is 27.7 Å². The smallest absolute Gasteiger partial charge is 0.224 e. The number of carbonyl (C=O) groups is 1. The topological polar surface area (TPSA) is 29.1 Å². The third-order valence-electron chi connectivity index (χ3n) is 3.08. The summed E-state index contributed by atoms with van der Waals surface area (Å²) in [7, 11) is 0. The Balaban J connectivity index is 2.72. The Kier molecular flexibility index (Phi) is 4.74. The first-order valence-corrected chi connectivity index (χ1v) is 6.32. The van der Waals surface area contributed by atoms with E-state index in [0.717, 1.165) is 0 Å². The molecule has 18 heavy (non-hydrogen) atoms. The molecule has 0 spiro atoms. The summed E-state index contributed by atoms with van der Waals surface area (Å²) in [6.07, 6.45) is -0.0358. The quantitative estimate of drug-likeness (QED) is 0.895. The van der Waals surface area contributed by atoms with E-state index in [1.54, 1.807) is 6.07 Å². The summed E-state index contributed by atoms with van der Waals surface area (Å²) in [5.74, 6) is -0.662. The van der Waals surface area contributed by atoms with Crippen LogP contribution in [0, 0.1) is 11.2 Å². The minimum atomic E-state index is -0.443. The van der Waals surface area contributed by atoms with Gasteiger partial charge >= 0.3 is 0 Å². The van der Waals surface area contributed by atoms with Gasteiger partial charge in [-0.1, -0.05) is 38.4 Å². The predicted molar refractivity (Wildman–Crippen MR) is 72.2 cm³/mol. The van der Waals surface area contributed by atoms with Gasteiger partial charge in [0, 0.05) is 16.6 Å². The van der Waals surface area contributed by atoms with Crippen LogP contribution in [0.5, 0.6) is 0 Å². The molecule has 0 saturated heterocycles. The van der Waals surface area contributed by atoms with Gasteiger partial charge in [0.1, 0.15) is 5.82 Å². The first-order valence-electron chi connectivity index (χ1n) is 5.94. The second-order valence-corrected chi connectivity index (χ2v) is 5.94. The third kappa shape index (κ3) is 3.98. The predicted octanol–water partition coefficient (Wildman–Crippen LogP) is 3.57. The van der Waals surface area contributed by atoms with Crippen LogP contribution < -0.4 is 5.32 Å². The third-order valence-corrected chi connectivity index (χ3v) is 3.43. The lowest BCUT2D eigenvalue weighted by Crippen LogP contribution is -2.42. The molecule has 0 aliphatic heterocycles. The summed E-state index contributed by atoms with van der Waals surface area (Å²) >= 11 is 5.88. The molecule has 1 unspecified atom stereocenters. The maximum atomic E-state index is 13.5. The molecule has 0 fully saturated rings. The second kappa shape index (κ2) is 5.70. The molecule has 0 bridgehead atoms. The van der Waals surface area contributed by atoms with E-state index in [4.69, 9.17) is 11.6 Å². The van der Waals surface area contributed by atoms with Crippen molar-refractivity contribution in [2.45, 2.75) is 40.2 Å². The van der Waals surface area contributed by atoms with Crippen LogP contribution in [-0.4, -0.2) is 11.9 Å². The van der Waals surface area contributed by atoms with E-state index in [2.05, 4.69) is 5.32 Å². The first kappa shape index (κ1) is 15.0. The molecule has 0 radical (unpaired) electrons. The van der Waals surface area contributed by atoms with Crippen molar-refractivity contribution in [2.75, 3.05) is 0 Å². The normalized spacial score (nSPS) is 13.2. The summed E-state index contributed by atoms with van der Waals surface area (Å²) < 4.78 is 13.5.